The minimum Gasteiger partial charge on any atom is -0.309 e. The summed E-state index contributed by atoms with van der Waals surface area (Å²) in [7, 11) is 0. The molecule has 0 aliphatic carbocycles. The van der Waals surface area contributed by atoms with Gasteiger partial charge in [-0.2, -0.15) is 0 Å². The maximum absolute atomic E-state index is 13.4. The molecule has 5 heteroatoms. The van der Waals surface area contributed by atoms with E-state index in [1.165, 1.54) is 18.2 Å². The molecular weight excluding hydrogens is 259 g/mol. The first kappa shape index (κ1) is 14.1. The fraction of sp³-hybridized carbons (Fsp3) is 0.200. The highest BCUT2D eigenvalue weighted by Crippen LogP contribution is 2.13. The highest BCUT2D eigenvalue weighted by Gasteiger charge is 2.05. The van der Waals surface area contributed by atoms with Gasteiger partial charge in [0.15, 0.2) is 0 Å². The standard InChI is InChI=1S/C15H15FN2O2/c1-11-5-6-13(8-15(11)16)10-17-9-12-3-2-4-14(7-12)18(19)20/h2-8,17H,9-10H2,1H3. The molecule has 0 radical (unpaired) electrons. The van der Waals surface area contributed by atoms with E-state index in [-0.39, 0.29) is 11.5 Å². The van der Waals surface area contributed by atoms with Gasteiger partial charge in [0.2, 0.25) is 0 Å². The fourth-order valence-electron chi connectivity index (χ4n) is 1.88. The van der Waals surface area contributed by atoms with Gasteiger partial charge in [-0.05, 0) is 29.7 Å². The van der Waals surface area contributed by atoms with E-state index in [0.29, 0.717) is 18.7 Å². The molecule has 4 nitrogen and oxygen atoms in total. The van der Waals surface area contributed by atoms with Gasteiger partial charge >= 0.3 is 0 Å². The molecule has 2 aromatic carbocycles. The Labute approximate surface area is 116 Å². The molecule has 0 aliphatic heterocycles. The number of non-ortho nitro benzene ring substituents is 1. The number of nitro benzene ring substituents is 1. The highest BCUT2D eigenvalue weighted by molar-refractivity contribution is 5.34. The molecule has 0 aromatic heterocycles. The molecule has 0 saturated heterocycles. The van der Waals surface area contributed by atoms with Crippen molar-refractivity contribution < 1.29 is 9.31 Å². The zero-order valence-corrected chi connectivity index (χ0v) is 11.1. The van der Waals surface area contributed by atoms with Gasteiger partial charge in [0.1, 0.15) is 5.82 Å². The van der Waals surface area contributed by atoms with Crippen LogP contribution in [-0.4, -0.2) is 4.92 Å². The Hall–Kier alpha value is -2.27. The molecule has 0 amide bonds. The van der Waals surface area contributed by atoms with Crippen molar-refractivity contribution in [2.45, 2.75) is 20.0 Å². The Balaban J connectivity index is 1.94. The summed E-state index contributed by atoms with van der Waals surface area (Å²) in [5, 5.41) is 13.8. The van der Waals surface area contributed by atoms with Gasteiger partial charge in [0, 0.05) is 25.2 Å². The van der Waals surface area contributed by atoms with Crippen molar-refractivity contribution in [1.29, 1.82) is 0 Å². The van der Waals surface area contributed by atoms with Crippen LogP contribution in [0.5, 0.6) is 0 Å². The van der Waals surface area contributed by atoms with E-state index in [2.05, 4.69) is 5.32 Å². The van der Waals surface area contributed by atoms with Crippen molar-refractivity contribution in [3.63, 3.8) is 0 Å². The molecule has 0 aliphatic rings. The number of hydrogen-bond acceptors (Lipinski definition) is 3. The Morgan fingerprint density at radius 3 is 2.50 bits per heavy atom. The van der Waals surface area contributed by atoms with E-state index in [4.69, 9.17) is 0 Å². The lowest BCUT2D eigenvalue weighted by Crippen LogP contribution is -2.13. The lowest BCUT2D eigenvalue weighted by atomic mass is 10.1. The molecule has 1 N–H and O–H groups in total. The van der Waals surface area contributed by atoms with Gasteiger partial charge in [-0.25, -0.2) is 4.39 Å². The van der Waals surface area contributed by atoms with Crippen LogP contribution in [0.3, 0.4) is 0 Å². The highest BCUT2D eigenvalue weighted by atomic mass is 19.1. The molecule has 0 unspecified atom stereocenters. The van der Waals surface area contributed by atoms with E-state index in [1.54, 1.807) is 19.1 Å². The van der Waals surface area contributed by atoms with Crippen LogP contribution in [0.4, 0.5) is 10.1 Å². The van der Waals surface area contributed by atoms with E-state index >= 15 is 0 Å². The summed E-state index contributed by atoms with van der Waals surface area (Å²) in [5.41, 5.74) is 2.36. The summed E-state index contributed by atoms with van der Waals surface area (Å²) in [6.07, 6.45) is 0. The van der Waals surface area contributed by atoms with Crippen LogP contribution in [-0.2, 0) is 13.1 Å². The first-order valence-corrected chi connectivity index (χ1v) is 6.25. The second-order valence-corrected chi connectivity index (χ2v) is 4.61. The number of nitrogens with one attached hydrogen (secondary N) is 1. The van der Waals surface area contributed by atoms with E-state index in [1.807, 2.05) is 12.1 Å². The largest absolute Gasteiger partial charge is 0.309 e. The van der Waals surface area contributed by atoms with Crippen LogP contribution in [0.25, 0.3) is 0 Å². The quantitative estimate of drug-likeness (QED) is 0.672. The Morgan fingerprint density at radius 2 is 1.85 bits per heavy atom. The molecule has 0 atom stereocenters. The maximum Gasteiger partial charge on any atom is 0.269 e. The molecule has 20 heavy (non-hydrogen) atoms. The lowest BCUT2D eigenvalue weighted by molar-refractivity contribution is -0.384. The van der Waals surface area contributed by atoms with Crippen LogP contribution in [0, 0.1) is 22.9 Å². The van der Waals surface area contributed by atoms with Crippen LogP contribution in [0.1, 0.15) is 16.7 Å². The molecule has 0 saturated carbocycles. The number of aryl methyl sites for hydroxylation is 1. The van der Waals surface area contributed by atoms with Crippen LogP contribution < -0.4 is 5.32 Å². The number of rotatable bonds is 5. The Bertz CT molecular complexity index is 629. The zero-order valence-electron chi connectivity index (χ0n) is 11.1. The summed E-state index contributed by atoms with van der Waals surface area (Å²) in [4.78, 5) is 10.2. The number of halogens is 1. The molecule has 2 aromatic rings. The lowest BCUT2D eigenvalue weighted by Gasteiger charge is -2.06. The van der Waals surface area contributed by atoms with Crippen LogP contribution in [0.2, 0.25) is 0 Å². The zero-order chi connectivity index (χ0) is 14.5. The number of benzene rings is 2. The second kappa shape index (κ2) is 6.25. The normalized spacial score (nSPS) is 10.5. The van der Waals surface area contributed by atoms with Gasteiger partial charge in [-0.1, -0.05) is 24.3 Å². The third-order valence-corrected chi connectivity index (χ3v) is 3.02. The molecular formula is C15H15FN2O2. The van der Waals surface area contributed by atoms with Crippen LogP contribution >= 0.6 is 0 Å². The van der Waals surface area contributed by atoms with Crippen molar-refractivity contribution in [1.82, 2.24) is 5.32 Å². The molecule has 0 fully saturated rings. The van der Waals surface area contributed by atoms with Gasteiger partial charge in [-0.15, -0.1) is 0 Å². The van der Waals surface area contributed by atoms with Crippen molar-refractivity contribution in [3.05, 3.63) is 75.1 Å². The average molecular weight is 274 g/mol. The molecule has 0 heterocycles. The number of nitrogens with zero attached hydrogens (tertiary/aromatic N) is 1. The van der Waals surface area contributed by atoms with Crippen molar-refractivity contribution in [2.75, 3.05) is 0 Å². The fourth-order valence-corrected chi connectivity index (χ4v) is 1.88. The summed E-state index contributed by atoms with van der Waals surface area (Å²) in [6.45, 7) is 2.73. The minimum atomic E-state index is -0.418. The maximum atomic E-state index is 13.4. The van der Waals surface area contributed by atoms with Crippen molar-refractivity contribution >= 4 is 5.69 Å². The summed E-state index contributed by atoms with van der Waals surface area (Å²) < 4.78 is 13.4. The molecule has 2 rings (SSSR count). The van der Waals surface area contributed by atoms with Crippen LogP contribution in [0.15, 0.2) is 42.5 Å². The first-order chi connectivity index (χ1) is 9.56. The molecule has 0 bridgehead atoms. The minimum absolute atomic E-state index is 0.0747. The molecule has 104 valence electrons. The van der Waals surface area contributed by atoms with Crippen molar-refractivity contribution in [2.24, 2.45) is 0 Å². The SMILES string of the molecule is Cc1ccc(CNCc2cccc([N+](=O)[O-])c2)cc1F. The monoisotopic (exact) mass is 274 g/mol. The first-order valence-electron chi connectivity index (χ1n) is 6.25. The van der Waals surface area contributed by atoms with Gasteiger partial charge in [0.05, 0.1) is 4.92 Å². The average Bonchev–Trinajstić information content (AvgIpc) is 2.43. The Kier molecular flexibility index (Phi) is 4.42. The topological polar surface area (TPSA) is 55.2 Å². The number of hydrogen-bond donors (Lipinski definition) is 1. The predicted molar refractivity (Wildman–Crippen MR) is 74.8 cm³/mol. The van der Waals surface area contributed by atoms with E-state index < -0.39 is 4.92 Å². The van der Waals surface area contributed by atoms with Gasteiger partial charge in [-0.3, -0.25) is 10.1 Å². The number of nitro groups is 1. The molecule has 0 spiro atoms. The summed E-state index contributed by atoms with van der Waals surface area (Å²) in [5.74, 6) is -0.223. The third kappa shape index (κ3) is 3.61. The summed E-state index contributed by atoms with van der Waals surface area (Å²) in [6, 6.07) is 11.5. The second-order valence-electron chi connectivity index (χ2n) is 4.61. The smallest absolute Gasteiger partial charge is 0.269 e. The van der Waals surface area contributed by atoms with E-state index in [0.717, 1.165) is 11.1 Å². The summed E-state index contributed by atoms with van der Waals surface area (Å²) >= 11 is 0. The predicted octanol–water partition coefficient (Wildman–Crippen LogP) is 3.33. The third-order valence-electron chi connectivity index (χ3n) is 3.02. The van der Waals surface area contributed by atoms with Crippen molar-refractivity contribution in [3.8, 4) is 0 Å². The van der Waals surface area contributed by atoms with Gasteiger partial charge < -0.3 is 5.32 Å². The Morgan fingerprint density at radius 1 is 1.15 bits per heavy atom. The van der Waals surface area contributed by atoms with E-state index in [9.17, 15) is 14.5 Å². The van der Waals surface area contributed by atoms with Gasteiger partial charge in [0.25, 0.3) is 5.69 Å².